The molecule has 0 bridgehead atoms. The number of aromatic nitrogens is 3. The Morgan fingerprint density at radius 1 is 1.29 bits per heavy atom. The second-order valence-electron chi connectivity index (χ2n) is 6.01. The summed E-state index contributed by atoms with van der Waals surface area (Å²) in [6, 6.07) is 5.14. The molecule has 0 spiro atoms. The van der Waals surface area contributed by atoms with E-state index in [4.69, 9.17) is 4.74 Å². The number of hydrogen-bond donors (Lipinski definition) is 1. The number of piperidine rings is 1. The normalized spacial score (nSPS) is 17.6. The van der Waals surface area contributed by atoms with Crippen molar-refractivity contribution in [2.45, 2.75) is 32.8 Å². The van der Waals surface area contributed by atoms with Crippen molar-refractivity contribution in [3.8, 4) is 6.01 Å². The van der Waals surface area contributed by atoms with Gasteiger partial charge < -0.3 is 14.6 Å². The number of aryl methyl sites for hydroxylation is 2. The average molecular weight is 328 g/mol. The maximum atomic E-state index is 12.5. The van der Waals surface area contributed by atoms with Crippen molar-refractivity contribution in [1.29, 1.82) is 0 Å². The maximum Gasteiger partial charge on any atom is 0.317 e. The van der Waals surface area contributed by atoms with E-state index >= 15 is 0 Å². The number of nitrogens with one attached hydrogen (secondary N) is 1. The molecule has 1 aliphatic rings. The van der Waals surface area contributed by atoms with E-state index in [-0.39, 0.29) is 17.6 Å². The van der Waals surface area contributed by atoms with Gasteiger partial charge >= 0.3 is 6.01 Å². The number of likely N-dealkylation sites (tertiary alicyclic amines) is 1. The van der Waals surface area contributed by atoms with Gasteiger partial charge in [0.05, 0.1) is 12.1 Å². The largest absolute Gasteiger partial charge is 0.458 e. The fourth-order valence-corrected chi connectivity index (χ4v) is 2.84. The van der Waals surface area contributed by atoms with Crippen molar-refractivity contribution in [3.63, 3.8) is 0 Å². The molecule has 1 fully saturated rings. The third kappa shape index (κ3) is 3.79. The quantitative estimate of drug-likeness (QED) is 0.921. The molecule has 3 heterocycles. The highest BCUT2D eigenvalue weighted by Crippen LogP contribution is 2.18. The van der Waals surface area contributed by atoms with Crippen molar-refractivity contribution >= 4 is 5.91 Å². The number of amides is 1. The summed E-state index contributed by atoms with van der Waals surface area (Å²) in [4.78, 5) is 36.5. The fraction of sp³-hybridized carbons (Fsp3) is 0.412. The number of carbonyl (C=O) groups is 1. The minimum absolute atomic E-state index is 0.110. The summed E-state index contributed by atoms with van der Waals surface area (Å²) in [5.41, 5.74) is 1.96. The van der Waals surface area contributed by atoms with Gasteiger partial charge in [-0.3, -0.25) is 9.59 Å². The van der Waals surface area contributed by atoms with Crippen molar-refractivity contribution in [2.24, 2.45) is 0 Å². The van der Waals surface area contributed by atoms with Gasteiger partial charge in [0.25, 0.3) is 5.91 Å². The van der Waals surface area contributed by atoms with Gasteiger partial charge in [-0.1, -0.05) is 0 Å². The topological polar surface area (TPSA) is 88.2 Å². The summed E-state index contributed by atoms with van der Waals surface area (Å²) in [5.74, 6) is -0.110. The first-order chi connectivity index (χ1) is 11.5. The fourth-order valence-electron chi connectivity index (χ4n) is 2.84. The summed E-state index contributed by atoms with van der Waals surface area (Å²) in [7, 11) is 0. The predicted molar refractivity (Wildman–Crippen MR) is 88.1 cm³/mol. The van der Waals surface area contributed by atoms with Crippen LogP contribution in [0.1, 0.15) is 34.6 Å². The third-order valence-electron chi connectivity index (χ3n) is 3.93. The molecular formula is C17H20N4O3. The van der Waals surface area contributed by atoms with Gasteiger partial charge in [0, 0.05) is 30.2 Å². The number of nitrogens with zero attached hydrogens (tertiary/aromatic N) is 3. The van der Waals surface area contributed by atoms with Gasteiger partial charge in [-0.2, -0.15) is 0 Å². The first-order valence-electron chi connectivity index (χ1n) is 7.98. The van der Waals surface area contributed by atoms with E-state index in [2.05, 4.69) is 15.0 Å². The Hall–Kier alpha value is -2.70. The Labute approximate surface area is 139 Å². The minimum atomic E-state index is -0.224. The van der Waals surface area contributed by atoms with Crippen LogP contribution < -0.4 is 10.3 Å². The standard InChI is InChI=1S/C17H20N4O3/c1-11-8-12(2)20-17(19-11)24-14-4-3-7-21(10-14)16(23)13-5-6-15(22)18-9-13/h5-6,8-9,14H,3-4,7,10H2,1-2H3,(H,18,22). The van der Waals surface area contributed by atoms with Crippen LogP contribution in [0.15, 0.2) is 29.2 Å². The van der Waals surface area contributed by atoms with Crippen molar-refractivity contribution in [3.05, 3.63) is 51.7 Å². The summed E-state index contributed by atoms with van der Waals surface area (Å²) in [5, 5.41) is 0. The van der Waals surface area contributed by atoms with Gasteiger partial charge in [-0.15, -0.1) is 0 Å². The Morgan fingerprint density at radius 3 is 2.71 bits per heavy atom. The first-order valence-corrected chi connectivity index (χ1v) is 7.98. The smallest absolute Gasteiger partial charge is 0.317 e. The van der Waals surface area contributed by atoms with E-state index in [1.807, 2.05) is 19.9 Å². The van der Waals surface area contributed by atoms with Crippen LogP contribution in [0.25, 0.3) is 0 Å². The highest BCUT2D eigenvalue weighted by atomic mass is 16.5. The van der Waals surface area contributed by atoms with E-state index in [1.165, 1.54) is 12.3 Å². The Bertz CT molecular complexity index is 762. The van der Waals surface area contributed by atoms with Crippen LogP contribution in [0, 0.1) is 13.8 Å². The van der Waals surface area contributed by atoms with Gasteiger partial charge in [-0.25, -0.2) is 9.97 Å². The van der Waals surface area contributed by atoms with Gasteiger partial charge in [0.1, 0.15) is 6.10 Å². The van der Waals surface area contributed by atoms with Crippen LogP contribution >= 0.6 is 0 Å². The molecule has 0 saturated carbocycles. The number of rotatable bonds is 3. The maximum absolute atomic E-state index is 12.5. The zero-order valence-electron chi connectivity index (χ0n) is 13.8. The van der Waals surface area contributed by atoms with E-state index < -0.39 is 0 Å². The molecule has 1 unspecified atom stereocenters. The lowest BCUT2D eigenvalue weighted by molar-refractivity contribution is 0.0514. The lowest BCUT2D eigenvalue weighted by atomic mass is 10.1. The molecule has 126 valence electrons. The lowest BCUT2D eigenvalue weighted by Crippen LogP contribution is -2.44. The van der Waals surface area contributed by atoms with Gasteiger partial charge in [0.15, 0.2) is 0 Å². The molecule has 1 amide bonds. The minimum Gasteiger partial charge on any atom is -0.458 e. The molecule has 1 atom stereocenters. The molecule has 0 aromatic carbocycles. The molecule has 2 aromatic rings. The summed E-state index contributed by atoms with van der Waals surface area (Å²) in [6.45, 7) is 4.95. The average Bonchev–Trinajstić information content (AvgIpc) is 2.54. The van der Waals surface area contributed by atoms with Gasteiger partial charge in [0.2, 0.25) is 5.56 Å². The summed E-state index contributed by atoms with van der Waals surface area (Å²) >= 11 is 0. The van der Waals surface area contributed by atoms with Crippen LogP contribution in [0.3, 0.4) is 0 Å². The van der Waals surface area contributed by atoms with Crippen LogP contribution in [0.4, 0.5) is 0 Å². The van der Waals surface area contributed by atoms with Crippen LogP contribution in [-0.2, 0) is 0 Å². The Kier molecular flexibility index (Phi) is 4.59. The number of pyridine rings is 1. The number of carbonyl (C=O) groups excluding carboxylic acids is 1. The molecular weight excluding hydrogens is 308 g/mol. The van der Waals surface area contributed by atoms with Crippen LogP contribution in [-0.4, -0.2) is 45.0 Å². The number of H-pyrrole nitrogens is 1. The summed E-state index contributed by atoms with van der Waals surface area (Å²) in [6.07, 6.45) is 3.02. The van der Waals surface area contributed by atoms with Crippen LogP contribution in [0.5, 0.6) is 6.01 Å². The molecule has 24 heavy (non-hydrogen) atoms. The van der Waals surface area contributed by atoms with E-state index in [1.54, 1.807) is 11.0 Å². The van der Waals surface area contributed by atoms with E-state index in [9.17, 15) is 9.59 Å². The van der Waals surface area contributed by atoms with E-state index in [0.717, 1.165) is 24.2 Å². The second-order valence-corrected chi connectivity index (χ2v) is 6.01. The van der Waals surface area contributed by atoms with Crippen molar-refractivity contribution < 1.29 is 9.53 Å². The number of hydrogen-bond acceptors (Lipinski definition) is 5. The monoisotopic (exact) mass is 328 g/mol. The predicted octanol–water partition coefficient (Wildman–Crippen LogP) is 1.47. The molecule has 1 aliphatic heterocycles. The number of aromatic amines is 1. The van der Waals surface area contributed by atoms with Crippen LogP contribution in [0.2, 0.25) is 0 Å². The Morgan fingerprint density at radius 2 is 2.04 bits per heavy atom. The van der Waals surface area contributed by atoms with Crippen molar-refractivity contribution in [2.75, 3.05) is 13.1 Å². The second kappa shape index (κ2) is 6.82. The van der Waals surface area contributed by atoms with Gasteiger partial charge in [-0.05, 0) is 38.8 Å². The SMILES string of the molecule is Cc1cc(C)nc(OC2CCCN(C(=O)c3ccc(=O)[nH]c3)C2)n1. The van der Waals surface area contributed by atoms with E-state index in [0.29, 0.717) is 24.7 Å². The molecule has 1 saturated heterocycles. The molecule has 2 aromatic heterocycles. The highest BCUT2D eigenvalue weighted by molar-refractivity contribution is 5.93. The van der Waals surface area contributed by atoms with Crippen molar-refractivity contribution in [1.82, 2.24) is 19.9 Å². The zero-order valence-corrected chi connectivity index (χ0v) is 13.8. The molecule has 0 aliphatic carbocycles. The third-order valence-corrected chi connectivity index (χ3v) is 3.93. The summed E-state index contributed by atoms with van der Waals surface area (Å²) < 4.78 is 5.88. The molecule has 0 radical (unpaired) electrons. The highest BCUT2D eigenvalue weighted by Gasteiger charge is 2.26. The molecule has 1 N–H and O–H groups in total. The first kappa shape index (κ1) is 16.2. The lowest BCUT2D eigenvalue weighted by Gasteiger charge is -2.32. The molecule has 7 heteroatoms. The molecule has 3 rings (SSSR count). The Balaban J connectivity index is 1.68. The molecule has 7 nitrogen and oxygen atoms in total. The zero-order chi connectivity index (χ0) is 17.1. The number of ether oxygens (including phenoxy) is 1.